The van der Waals surface area contributed by atoms with Gasteiger partial charge in [0.05, 0.1) is 22.6 Å². The molecule has 218 valence electrons. The van der Waals surface area contributed by atoms with Crippen LogP contribution in [0.3, 0.4) is 0 Å². The number of anilines is 1. The highest BCUT2D eigenvalue weighted by atomic mass is 19.1. The molecule has 3 fully saturated rings. The number of hydrogen-bond acceptors (Lipinski definition) is 8. The van der Waals surface area contributed by atoms with Crippen molar-refractivity contribution in [2.24, 2.45) is 0 Å². The molecule has 4 aromatic rings. The Balaban J connectivity index is 1.40. The Morgan fingerprint density at radius 2 is 2.07 bits per heavy atom. The normalized spacial score (nSPS) is 21.6. The zero-order valence-electron chi connectivity index (χ0n) is 23.2. The average Bonchev–Trinajstić information content (AvgIpc) is 3.68. The number of halogens is 3. The maximum Gasteiger partial charge on any atom is 0.319 e. The highest BCUT2D eigenvalue weighted by molar-refractivity contribution is 6.03. The van der Waals surface area contributed by atoms with Gasteiger partial charge in [0.2, 0.25) is 0 Å². The highest BCUT2D eigenvalue weighted by Gasteiger charge is 2.49. The molecule has 11 heteroatoms. The number of nitrogens with zero attached hydrogens (tertiary/aromatic N) is 6. The monoisotopic (exact) mass is 584 g/mol. The molecule has 2 saturated heterocycles. The first-order chi connectivity index (χ1) is 20.8. The molecule has 2 atom stereocenters. The van der Waals surface area contributed by atoms with E-state index in [0.717, 1.165) is 32.2 Å². The van der Waals surface area contributed by atoms with E-state index in [1.54, 1.807) is 4.90 Å². The fourth-order valence-electron chi connectivity index (χ4n) is 6.73. The van der Waals surface area contributed by atoms with Gasteiger partial charge in [0.25, 0.3) is 0 Å². The number of ether oxygens (including phenoxy) is 1. The molecule has 4 heterocycles. The van der Waals surface area contributed by atoms with Gasteiger partial charge < -0.3 is 14.7 Å². The Bertz CT molecular complexity index is 1870. The molecule has 0 radical (unpaired) electrons. The third-order valence-electron chi connectivity index (χ3n) is 8.83. The van der Waals surface area contributed by atoms with Crippen molar-refractivity contribution >= 4 is 27.5 Å². The maximum absolute atomic E-state index is 16.6. The minimum Gasteiger partial charge on any atom is -0.508 e. The summed E-state index contributed by atoms with van der Waals surface area (Å²) in [5.74, 6) is 0.962. The smallest absolute Gasteiger partial charge is 0.319 e. The van der Waals surface area contributed by atoms with Crippen molar-refractivity contribution in [1.29, 1.82) is 5.26 Å². The molecular weight excluding hydrogens is 557 g/mol. The van der Waals surface area contributed by atoms with Gasteiger partial charge in [-0.2, -0.15) is 15.2 Å². The Morgan fingerprint density at radius 1 is 1.23 bits per heavy atom. The first-order valence-electron chi connectivity index (χ1n) is 14.3. The van der Waals surface area contributed by atoms with E-state index in [1.807, 2.05) is 0 Å². The van der Waals surface area contributed by atoms with E-state index in [0.29, 0.717) is 24.2 Å². The largest absolute Gasteiger partial charge is 0.508 e. The second-order valence-electron chi connectivity index (χ2n) is 11.6. The van der Waals surface area contributed by atoms with Crippen LogP contribution in [0.5, 0.6) is 11.8 Å². The van der Waals surface area contributed by atoms with E-state index in [2.05, 4.69) is 31.8 Å². The van der Waals surface area contributed by atoms with Gasteiger partial charge in [-0.15, -0.1) is 6.42 Å². The molecule has 2 aromatic heterocycles. The number of hydrogen-bond donors (Lipinski definition) is 1. The van der Waals surface area contributed by atoms with Crippen LogP contribution in [0, 0.1) is 35.3 Å². The van der Waals surface area contributed by atoms with Gasteiger partial charge in [-0.05, 0) is 55.8 Å². The number of pyridine rings is 1. The summed E-state index contributed by atoms with van der Waals surface area (Å²) in [5, 5.41) is 20.9. The number of rotatable bonds is 7. The molecule has 1 N–H and O–H groups in total. The summed E-state index contributed by atoms with van der Waals surface area (Å²) in [6.45, 7) is 1.30. The zero-order chi connectivity index (χ0) is 29.9. The summed E-state index contributed by atoms with van der Waals surface area (Å²) < 4.78 is 51.8. The number of aromatic nitrogens is 3. The molecule has 8 nitrogen and oxygen atoms in total. The van der Waals surface area contributed by atoms with Crippen LogP contribution in [-0.2, 0) is 0 Å². The van der Waals surface area contributed by atoms with Crippen LogP contribution in [0.15, 0.2) is 30.5 Å². The lowest BCUT2D eigenvalue weighted by molar-refractivity contribution is 0.107. The molecule has 0 bridgehead atoms. The number of phenols is 1. The summed E-state index contributed by atoms with van der Waals surface area (Å²) in [7, 11) is 0. The first kappa shape index (κ1) is 27.2. The quantitative estimate of drug-likeness (QED) is 0.232. The van der Waals surface area contributed by atoms with E-state index in [1.165, 1.54) is 30.5 Å². The molecule has 7 rings (SSSR count). The molecule has 0 amide bonds. The van der Waals surface area contributed by atoms with Crippen molar-refractivity contribution in [3.8, 4) is 41.4 Å². The third-order valence-corrected chi connectivity index (χ3v) is 8.83. The van der Waals surface area contributed by atoms with Crippen LogP contribution in [0.1, 0.15) is 37.7 Å². The number of fused-ring (bicyclic) bond motifs is 3. The SMILES string of the molecule is C#Cc1c(F)ccc2cc(O)cc(-c3ncc4c(N(CC#N)C5CC5)nc(OC[C@@]56CCCN5C[C@H](F)C6)nc4c3F)c12. The molecule has 3 aliphatic rings. The van der Waals surface area contributed by atoms with E-state index in [-0.39, 0.29) is 64.1 Å². The van der Waals surface area contributed by atoms with Gasteiger partial charge >= 0.3 is 6.01 Å². The fraction of sp³-hybridized carbons (Fsp3) is 0.375. The number of aromatic hydroxyl groups is 1. The minimum absolute atomic E-state index is 0.0167. The standard InChI is InChI=1S/C32H27F3N6O2/c1-2-22-25(34)7-4-18-12-21(42)13-23(26(18)22)28-27(35)29-24(15-37-28)30(41(11-9-36)20-5-6-20)39-31(38-29)43-17-32-8-3-10-40(32)16-19(33)14-32/h1,4,7,12-13,15,19-20,42H,3,5-6,8,10-11,14,16-17H2/t19-,32+/m1/s1. The second kappa shape index (κ2) is 10.3. The fourth-order valence-corrected chi connectivity index (χ4v) is 6.73. The predicted octanol–water partition coefficient (Wildman–Crippen LogP) is 5.26. The molecule has 1 aliphatic carbocycles. The lowest BCUT2D eigenvalue weighted by Gasteiger charge is -2.31. The topological polar surface area (TPSA) is 98.4 Å². The van der Waals surface area contributed by atoms with Gasteiger partial charge in [-0.25, -0.2) is 13.2 Å². The molecular formula is C32H27F3N6O2. The van der Waals surface area contributed by atoms with Crippen LogP contribution >= 0.6 is 0 Å². The predicted molar refractivity (Wildman–Crippen MR) is 154 cm³/mol. The Kier molecular flexibility index (Phi) is 6.51. The molecule has 43 heavy (non-hydrogen) atoms. The summed E-state index contributed by atoms with van der Waals surface area (Å²) in [4.78, 5) is 17.4. The molecule has 2 aromatic carbocycles. The Labute approximate surface area is 245 Å². The van der Waals surface area contributed by atoms with Crippen molar-refractivity contribution < 1.29 is 23.0 Å². The highest BCUT2D eigenvalue weighted by Crippen LogP contribution is 2.42. The van der Waals surface area contributed by atoms with Crippen molar-refractivity contribution in [2.45, 2.75) is 49.9 Å². The van der Waals surface area contributed by atoms with E-state index < -0.39 is 23.3 Å². The van der Waals surface area contributed by atoms with Crippen molar-refractivity contribution in [3.63, 3.8) is 0 Å². The number of phenolic OH excluding ortho intramolecular Hbond substituents is 1. The number of terminal acetylenes is 1. The molecule has 1 saturated carbocycles. The maximum atomic E-state index is 16.6. The van der Waals surface area contributed by atoms with E-state index in [4.69, 9.17) is 11.2 Å². The van der Waals surface area contributed by atoms with Crippen LogP contribution in [0.2, 0.25) is 0 Å². The van der Waals surface area contributed by atoms with Crippen molar-refractivity contribution in [2.75, 3.05) is 31.1 Å². The zero-order valence-corrected chi connectivity index (χ0v) is 23.2. The van der Waals surface area contributed by atoms with Gasteiger partial charge in [0.1, 0.15) is 47.9 Å². The van der Waals surface area contributed by atoms with Crippen molar-refractivity contribution in [1.82, 2.24) is 19.9 Å². The van der Waals surface area contributed by atoms with Crippen LogP contribution < -0.4 is 9.64 Å². The first-order valence-corrected chi connectivity index (χ1v) is 14.3. The molecule has 2 aliphatic heterocycles. The number of benzene rings is 2. The van der Waals surface area contributed by atoms with Gasteiger partial charge in [0, 0.05) is 36.2 Å². The summed E-state index contributed by atoms with van der Waals surface area (Å²) in [5.41, 5.74) is -0.765. The summed E-state index contributed by atoms with van der Waals surface area (Å²) in [6.07, 6.45) is 9.85. The lowest BCUT2D eigenvalue weighted by Crippen LogP contribution is -2.43. The third kappa shape index (κ3) is 4.56. The lowest BCUT2D eigenvalue weighted by atomic mass is 9.95. The van der Waals surface area contributed by atoms with Crippen LogP contribution in [-0.4, -0.2) is 69.0 Å². The number of alkyl halides is 1. The van der Waals surface area contributed by atoms with Crippen LogP contribution in [0.4, 0.5) is 19.0 Å². The molecule has 0 spiro atoms. The minimum atomic E-state index is -0.945. The van der Waals surface area contributed by atoms with E-state index >= 15 is 4.39 Å². The van der Waals surface area contributed by atoms with E-state index in [9.17, 15) is 19.1 Å². The summed E-state index contributed by atoms with van der Waals surface area (Å²) in [6, 6.07) is 7.45. The average molecular weight is 585 g/mol. The molecule has 0 unspecified atom stereocenters. The van der Waals surface area contributed by atoms with Gasteiger partial charge in [-0.1, -0.05) is 12.0 Å². The summed E-state index contributed by atoms with van der Waals surface area (Å²) >= 11 is 0. The van der Waals surface area contributed by atoms with Crippen molar-refractivity contribution in [3.05, 3.63) is 47.7 Å². The Hall–Kier alpha value is -4.61. The second-order valence-corrected chi connectivity index (χ2v) is 11.6. The Morgan fingerprint density at radius 3 is 2.84 bits per heavy atom. The van der Waals surface area contributed by atoms with Gasteiger partial charge in [-0.3, -0.25) is 9.88 Å². The van der Waals surface area contributed by atoms with Gasteiger partial charge in [0.15, 0.2) is 5.82 Å². The van der Waals surface area contributed by atoms with Crippen LogP contribution in [0.25, 0.3) is 32.9 Å². The number of nitriles is 1.